The molecule has 1 atom stereocenters. The van der Waals surface area contributed by atoms with Crippen molar-refractivity contribution in [2.75, 3.05) is 7.11 Å². The van der Waals surface area contributed by atoms with E-state index in [1.807, 2.05) is 12.1 Å². The van der Waals surface area contributed by atoms with Crippen LogP contribution in [0.5, 0.6) is 5.75 Å². The summed E-state index contributed by atoms with van der Waals surface area (Å²) in [5.74, 6) is 2.08. The first-order chi connectivity index (χ1) is 9.69. The van der Waals surface area contributed by atoms with E-state index < -0.39 is 0 Å². The summed E-state index contributed by atoms with van der Waals surface area (Å²) >= 11 is 0. The van der Waals surface area contributed by atoms with Gasteiger partial charge in [0.1, 0.15) is 11.6 Å². The molecule has 1 aromatic carbocycles. The minimum Gasteiger partial charge on any atom is -0.497 e. The van der Waals surface area contributed by atoms with Crippen LogP contribution in [-0.4, -0.2) is 22.7 Å². The summed E-state index contributed by atoms with van der Waals surface area (Å²) in [5, 5.41) is 0. The highest BCUT2D eigenvalue weighted by Gasteiger charge is 2.28. The lowest BCUT2D eigenvalue weighted by molar-refractivity contribution is 0.415. The number of aryl methyl sites for hydroxylation is 1. The Hall–Kier alpha value is -1.55. The molecule has 108 valence electrons. The molecular formula is C16H23N3O. The van der Waals surface area contributed by atoms with Gasteiger partial charge in [-0.05, 0) is 44.7 Å². The highest BCUT2D eigenvalue weighted by atomic mass is 16.5. The molecule has 2 aromatic rings. The normalized spacial score (nSPS) is 16.6. The van der Waals surface area contributed by atoms with Crippen molar-refractivity contribution in [3.63, 3.8) is 0 Å². The maximum atomic E-state index is 5.84. The first-order valence-corrected chi connectivity index (χ1v) is 7.49. The number of imidazole rings is 1. The molecule has 4 nitrogen and oxygen atoms in total. The summed E-state index contributed by atoms with van der Waals surface area (Å²) in [4.78, 5) is 4.82. The molecule has 1 aromatic heterocycles. The minimum atomic E-state index is 0.272. The predicted octanol–water partition coefficient (Wildman–Crippen LogP) is 3.05. The van der Waals surface area contributed by atoms with Gasteiger partial charge in [-0.2, -0.15) is 0 Å². The third-order valence-corrected chi connectivity index (χ3v) is 3.94. The van der Waals surface area contributed by atoms with Gasteiger partial charge in [-0.1, -0.05) is 0 Å². The lowest BCUT2D eigenvalue weighted by Gasteiger charge is -2.08. The second-order valence-electron chi connectivity index (χ2n) is 5.85. The highest BCUT2D eigenvalue weighted by molar-refractivity contribution is 5.78. The van der Waals surface area contributed by atoms with E-state index >= 15 is 0 Å². The van der Waals surface area contributed by atoms with Gasteiger partial charge in [0.05, 0.1) is 18.1 Å². The summed E-state index contributed by atoms with van der Waals surface area (Å²) < 4.78 is 7.72. The van der Waals surface area contributed by atoms with Crippen molar-refractivity contribution in [1.29, 1.82) is 0 Å². The number of hydrogen-bond donors (Lipinski definition) is 1. The molecule has 0 radical (unpaired) electrons. The van der Waals surface area contributed by atoms with Crippen LogP contribution in [0.1, 0.15) is 44.5 Å². The molecule has 0 saturated heterocycles. The number of nitrogens with two attached hydrogens (primary N) is 1. The Morgan fingerprint density at radius 2 is 2.25 bits per heavy atom. The smallest absolute Gasteiger partial charge is 0.121 e. The van der Waals surface area contributed by atoms with Gasteiger partial charge in [-0.3, -0.25) is 0 Å². The number of hydrogen-bond acceptors (Lipinski definition) is 3. The molecule has 4 heteroatoms. The Bertz CT molecular complexity index is 599. The summed E-state index contributed by atoms with van der Waals surface area (Å²) in [6.45, 7) is 2.06. The molecule has 3 rings (SSSR count). The molecule has 0 spiro atoms. The van der Waals surface area contributed by atoms with Crippen molar-refractivity contribution >= 4 is 11.0 Å². The van der Waals surface area contributed by atoms with Crippen LogP contribution < -0.4 is 10.5 Å². The third kappa shape index (κ3) is 2.66. The van der Waals surface area contributed by atoms with E-state index in [1.54, 1.807) is 7.11 Å². The van der Waals surface area contributed by atoms with Gasteiger partial charge in [-0.15, -0.1) is 0 Å². The fourth-order valence-electron chi connectivity index (χ4n) is 2.75. The minimum absolute atomic E-state index is 0.272. The molecule has 2 N–H and O–H groups in total. The van der Waals surface area contributed by atoms with Crippen LogP contribution in [0.15, 0.2) is 18.2 Å². The van der Waals surface area contributed by atoms with Crippen LogP contribution in [0, 0.1) is 0 Å². The van der Waals surface area contributed by atoms with E-state index in [4.69, 9.17) is 15.5 Å². The number of benzene rings is 1. The first-order valence-electron chi connectivity index (χ1n) is 7.49. The van der Waals surface area contributed by atoms with Crippen LogP contribution in [0.4, 0.5) is 0 Å². The topological polar surface area (TPSA) is 53.1 Å². The third-order valence-electron chi connectivity index (χ3n) is 3.94. The predicted molar refractivity (Wildman–Crippen MR) is 81.1 cm³/mol. The second-order valence-corrected chi connectivity index (χ2v) is 5.85. The number of fused-ring (bicyclic) bond motifs is 1. The number of rotatable bonds is 6. The fourth-order valence-corrected chi connectivity index (χ4v) is 2.75. The van der Waals surface area contributed by atoms with Crippen molar-refractivity contribution in [2.24, 2.45) is 5.73 Å². The van der Waals surface area contributed by atoms with E-state index in [9.17, 15) is 0 Å². The van der Waals surface area contributed by atoms with Gasteiger partial charge < -0.3 is 15.0 Å². The number of methoxy groups -OCH3 is 1. The largest absolute Gasteiger partial charge is 0.497 e. The molecule has 1 aliphatic carbocycles. The first kappa shape index (κ1) is 13.4. The van der Waals surface area contributed by atoms with Crippen molar-refractivity contribution in [1.82, 2.24) is 9.55 Å². The summed E-state index contributed by atoms with van der Waals surface area (Å²) in [6.07, 6.45) is 5.71. The molecule has 1 saturated carbocycles. The highest BCUT2D eigenvalue weighted by Crippen LogP contribution is 2.39. The van der Waals surface area contributed by atoms with E-state index in [0.29, 0.717) is 6.04 Å². The van der Waals surface area contributed by atoms with Gasteiger partial charge in [0, 0.05) is 24.6 Å². The van der Waals surface area contributed by atoms with Crippen molar-refractivity contribution in [3.05, 3.63) is 24.0 Å². The summed E-state index contributed by atoms with van der Waals surface area (Å²) in [6, 6.07) is 7.11. The van der Waals surface area contributed by atoms with Crippen LogP contribution in [0.2, 0.25) is 0 Å². The molecule has 1 aliphatic rings. The number of aromatic nitrogens is 2. The average Bonchev–Trinajstić information content (AvgIpc) is 3.19. The molecule has 0 aliphatic heterocycles. The van der Waals surface area contributed by atoms with Crippen molar-refractivity contribution < 1.29 is 4.74 Å². The molecule has 1 heterocycles. The number of nitrogens with zero attached hydrogens (tertiary/aromatic N) is 2. The van der Waals surface area contributed by atoms with Crippen LogP contribution >= 0.6 is 0 Å². The molecule has 1 unspecified atom stereocenters. The zero-order valence-corrected chi connectivity index (χ0v) is 12.3. The van der Waals surface area contributed by atoms with E-state index in [0.717, 1.165) is 30.5 Å². The van der Waals surface area contributed by atoms with Gasteiger partial charge >= 0.3 is 0 Å². The Morgan fingerprint density at radius 3 is 2.90 bits per heavy atom. The molecule has 1 fully saturated rings. The Kier molecular flexibility index (Phi) is 3.66. The number of ether oxygens (including phenoxy) is 1. The molecule has 0 bridgehead atoms. The monoisotopic (exact) mass is 273 g/mol. The van der Waals surface area contributed by atoms with Crippen molar-refractivity contribution in [3.8, 4) is 5.75 Å². The Balaban J connectivity index is 1.91. The molecule has 0 amide bonds. The Morgan fingerprint density at radius 1 is 1.45 bits per heavy atom. The molecule has 20 heavy (non-hydrogen) atoms. The van der Waals surface area contributed by atoms with E-state index in [-0.39, 0.29) is 6.04 Å². The maximum absolute atomic E-state index is 5.84. The van der Waals surface area contributed by atoms with E-state index in [2.05, 4.69) is 17.6 Å². The van der Waals surface area contributed by atoms with Gasteiger partial charge in [0.25, 0.3) is 0 Å². The summed E-state index contributed by atoms with van der Waals surface area (Å²) in [7, 11) is 1.70. The van der Waals surface area contributed by atoms with E-state index in [1.165, 1.54) is 24.2 Å². The maximum Gasteiger partial charge on any atom is 0.121 e. The fraction of sp³-hybridized carbons (Fsp3) is 0.562. The SMILES string of the molecule is COc1ccc2c(c1)nc(CCCC(C)N)n2C1CC1. The Labute approximate surface area is 119 Å². The lowest BCUT2D eigenvalue weighted by atomic mass is 10.1. The van der Waals surface area contributed by atoms with Gasteiger partial charge in [0.2, 0.25) is 0 Å². The second kappa shape index (κ2) is 5.44. The standard InChI is InChI=1S/C16H23N3O/c1-11(17)4-3-5-16-18-14-10-13(20-2)8-9-15(14)19(16)12-6-7-12/h8-12H,3-7,17H2,1-2H3. The van der Waals surface area contributed by atoms with Gasteiger partial charge in [-0.25, -0.2) is 4.98 Å². The van der Waals surface area contributed by atoms with Gasteiger partial charge in [0.15, 0.2) is 0 Å². The average molecular weight is 273 g/mol. The molecular weight excluding hydrogens is 250 g/mol. The quantitative estimate of drug-likeness (QED) is 0.880. The summed E-state index contributed by atoms with van der Waals surface area (Å²) in [5.41, 5.74) is 8.12. The zero-order chi connectivity index (χ0) is 14.1. The van der Waals surface area contributed by atoms with Crippen molar-refractivity contribution in [2.45, 2.75) is 51.1 Å². The lowest BCUT2D eigenvalue weighted by Crippen LogP contribution is -2.15. The zero-order valence-electron chi connectivity index (χ0n) is 12.3. The van der Waals surface area contributed by atoms with Crippen LogP contribution in [-0.2, 0) is 6.42 Å². The van der Waals surface area contributed by atoms with Crippen LogP contribution in [0.3, 0.4) is 0 Å². The van der Waals surface area contributed by atoms with Crippen LogP contribution in [0.25, 0.3) is 11.0 Å².